The molecule has 6 nitrogen and oxygen atoms in total. The third-order valence-corrected chi connectivity index (χ3v) is 5.60. The molecule has 8 heteroatoms. The number of anilines is 1. The highest BCUT2D eigenvalue weighted by atomic mass is 35.5. The molecule has 0 N–H and O–H groups in total. The Balaban J connectivity index is 2.34. The lowest BCUT2D eigenvalue weighted by molar-refractivity contribution is -0.134. The van der Waals surface area contributed by atoms with Crippen LogP contribution < -0.4 is 4.31 Å². The number of halogens is 1. The predicted octanol–water partition coefficient (Wildman–Crippen LogP) is 1.66. The summed E-state index contributed by atoms with van der Waals surface area (Å²) in [7, 11) is -1.62. The van der Waals surface area contributed by atoms with Crippen molar-refractivity contribution in [3.63, 3.8) is 0 Å². The predicted molar refractivity (Wildman–Crippen MR) is 96.9 cm³/mol. The van der Waals surface area contributed by atoms with Gasteiger partial charge in [-0.05, 0) is 31.7 Å². The number of carbonyl (C=O) groups is 1. The molecule has 1 aromatic carbocycles. The Morgan fingerprint density at radius 3 is 2.42 bits per heavy atom. The van der Waals surface area contributed by atoms with Crippen molar-refractivity contribution in [2.45, 2.75) is 19.4 Å². The summed E-state index contributed by atoms with van der Waals surface area (Å²) >= 11 is 6.01. The number of benzene rings is 1. The Labute approximate surface area is 149 Å². The molecule has 1 amide bonds. The number of piperazine rings is 1. The van der Waals surface area contributed by atoms with E-state index in [0.29, 0.717) is 30.2 Å². The lowest BCUT2D eigenvalue weighted by Gasteiger charge is -2.37. The molecule has 0 aliphatic carbocycles. The monoisotopic (exact) mass is 373 g/mol. The van der Waals surface area contributed by atoms with Gasteiger partial charge in [0.2, 0.25) is 15.9 Å². The van der Waals surface area contributed by atoms with Crippen molar-refractivity contribution >= 4 is 33.2 Å². The van der Waals surface area contributed by atoms with E-state index in [1.54, 1.807) is 29.2 Å². The number of hydrogen-bond acceptors (Lipinski definition) is 4. The molecule has 0 aromatic heterocycles. The van der Waals surface area contributed by atoms with Crippen LogP contribution in [0.2, 0.25) is 5.02 Å². The summed E-state index contributed by atoms with van der Waals surface area (Å²) in [5.74, 6) is -0.156. The molecule has 1 aliphatic heterocycles. The fourth-order valence-corrected chi connectivity index (χ4v) is 4.28. The van der Waals surface area contributed by atoms with Crippen LogP contribution in [0.3, 0.4) is 0 Å². The molecule has 1 heterocycles. The van der Waals surface area contributed by atoms with Crippen LogP contribution in [0.1, 0.15) is 13.3 Å². The molecule has 0 unspecified atom stereocenters. The fraction of sp³-hybridized carbons (Fsp3) is 0.562. The number of amides is 1. The first-order valence-electron chi connectivity index (χ1n) is 7.96. The lowest BCUT2D eigenvalue weighted by Crippen LogP contribution is -2.55. The first-order valence-corrected chi connectivity index (χ1v) is 10.2. The van der Waals surface area contributed by atoms with E-state index in [1.165, 1.54) is 4.31 Å². The molecule has 134 valence electrons. The van der Waals surface area contributed by atoms with Crippen molar-refractivity contribution in [1.82, 2.24) is 9.80 Å². The SMILES string of the molecule is CC[C@@H](C(=O)N1CCN(C)CC1)N(c1cccc(Cl)c1)S(C)(=O)=O. The quantitative estimate of drug-likeness (QED) is 0.787. The van der Waals surface area contributed by atoms with Gasteiger partial charge in [-0.1, -0.05) is 24.6 Å². The second-order valence-electron chi connectivity index (χ2n) is 6.09. The third-order valence-electron chi connectivity index (χ3n) is 4.19. The summed E-state index contributed by atoms with van der Waals surface area (Å²) < 4.78 is 26.0. The number of rotatable bonds is 5. The van der Waals surface area contributed by atoms with E-state index in [1.807, 2.05) is 14.0 Å². The smallest absolute Gasteiger partial charge is 0.246 e. The van der Waals surface area contributed by atoms with Crippen molar-refractivity contribution in [2.75, 3.05) is 43.8 Å². The molecule has 1 aliphatic rings. The summed E-state index contributed by atoms with van der Waals surface area (Å²) in [6.45, 7) is 4.62. The standard InChI is InChI=1S/C16H24ClN3O3S/c1-4-15(16(21)19-10-8-18(2)9-11-19)20(24(3,22)23)14-7-5-6-13(17)12-14/h5-7,12,15H,4,8-11H2,1-3H3/t15-/m0/s1. The third kappa shape index (κ3) is 4.40. The van der Waals surface area contributed by atoms with Gasteiger partial charge >= 0.3 is 0 Å². The summed E-state index contributed by atoms with van der Waals surface area (Å²) in [5, 5.41) is 0.433. The zero-order chi connectivity index (χ0) is 17.9. The molecule has 2 rings (SSSR count). The van der Waals surface area contributed by atoms with Gasteiger partial charge in [-0.15, -0.1) is 0 Å². The van der Waals surface area contributed by atoms with Crippen molar-refractivity contribution in [3.8, 4) is 0 Å². The zero-order valence-corrected chi connectivity index (χ0v) is 15.8. The van der Waals surface area contributed by atoms with Gasteiger partial charge in [-0.3, -0.25) is 9.10 Å². The van der Waals surface area contributed by atoms with Gasteiger partial charge in [-0.2, -0.15) is 0 Å². The molecule has 1 saturated heterocycles. The van der Waals surface area contributed by atoms with E-state index in [9.17, 15) is 13.2 Å². The highest BCUT2D eigenvalue weighted by Gasteiger charge is 2.35. The molecule has 1 atom stereocenters. The zero-order valence-electron chi connectivity index (χ0n) is 14.3. The van der Waals surface area contributed by atoms with Gasteiger partial charge in [0, 0.05) is 31.2 Å². The summed E-state index contributed by atoms with van der Waals surface area (Å²) in [6, 6.07) is 5.83. The molecule has 24 heavy (non-hydrogen) atoms. The van der Waals surface area contributed by atoms with Crippen molar-refractivity contribution < 1.29 is 13.2 Å². The maximum absolute atomic E-state index is 13.0. The average Bonchev–Trinajstić information content (AvgIpc) is 2.51. The summed E-state index contributed by atoms with van der Waals surface area (Å²) in [5.41, 5.74) is 0.416. The molecule has 0 saturated carbocycles. The van der Waals surface area contributed by atoms with Crippen LogP contribution in [0.5, 0.6) is 0 Å². The van der Waals surface area contributed by atoms with Crippen molar-refractivity contribution in [1.29, 1.82) is 0 Å². The van der Waals surface area contributed by atoms with Crippen LogP contribution in [-0.2, 0) is 14.8 Å². The van der Waals surface area contributed by atoms with Crippen LogP contribution in [-0.4, -0.2) is 69.6 Å². The van der Waals surface area contributed by atoms with Gasteiger partial charge in [-0.25, -0.2) is 8.42 Å². The van der Waals surface area contributed by atoms with E-state index in [0.717, 1.165) is 19.3 Å². The normalized spacial score (nSPS) is 17.6. The Kier molecular flexibility index (Phi) is 6.11. The lowest BCUT2D eigenvalue weighted by atomic mass is 10.1. The van der Waals surface area contributed by atoms with Gasteiger partial charge in [0.1, 0.15) is 6.04 Å². The van der Waals surface area contributed by atoms with E-state index in [2.05, 4.69) is 4.90 Å². The maximum atomic E-state index is 13.0. The molecular formula is C16H24ClN3O3S. The van der Waals surface area contributed by atoms with E-state index in [4.69, 9.17) is 11.6 Å². The van der Waals surface area contributed by atoms with Crippen molar-refractivity contribution in [2.24, 2.45) is 0 Å². The Hall–Kier alpha value is -1.31. The van der Waals surface area contributed by atoms with Gasteiger partial charge < -0.3 is 9.80 Å². The fourth-order valence-electron chi connectivity index (χ4n) is 2.89. The van der Waals surface area contributed by atoms with Gasteiger partial charge in [0.15, 0.2) is 0 Å². The minimum atomic E-state index is -3.62. The maximum Gasteiger partial charge on any atom is 0.246 e. The van der Waals surface area contributed by atoms with E-state index < -0.39 is 16.1 Å². The van der Waals surface area contributed by atoms with Crippen LogP contribution in [0.25, 0.3) is 0 Å². The highest BCUT2D eigenvalue weighted by molar-refractivity contribution is 7.92. The Bertz CT molecular complexity index is 688. The second-order valence-corrected chi connectivity index (χ2v) is 8.39. The highest BCUT2D eigenvalue weighted by Crippen LogP contribution is 2.26. The Morgan fingerprint density at radius 1 is 1.29 bits per heavy atom. The van der Waals surface area contributed by atoms with Gasteiger partial charge in [0.05, 0.1) is 11.9 Å². The minimum Gasteiger partial charge on any atom is -0.338 e. The topological polar surface area (TPSA) is 60.9 Å². The molecule has 0 bridgehead atoms. The van der Waals surface area contributed by atoms with E-state index >= 15 is 0 Å². The molecule has 0 spiro atoms. The first kappa shape index (κ1) is 19.0. The van der Waals surface area contributed by atoms with Crippen LogP contribution in [0, 0.1) is 0 Å². The number of hydrogen-bond donors (Lipinski definition) is 0. The van der Waals surface area contributed by atoms with Crippen molar-refractivity contribution in [3.05, 3.63) is 29.3 Å². The van der Waals surface area contributed by atoms with E-state index in [-0.39, 0.29) is 5.91 Å². The average molecular weight is 374 g/mol. The second kappa shape index (κ2) is 7.72. The van der Waals surface area contributed by atoms with Crippen LogP contribution >= 0.6 is 11.6 Å². The molecule has 1 fully saturated rings. The Morgan fingerprint density at radius 2 is 1.92 bits per heavy atom. The number of likely N-dealkylation sites (N-methyl/N-ethyl adjacent to an activating group) is 1. The number of nitrogens with zero attached hydrogens (tertiary/aromatic N) is 3. The van der Waals surface area contributed by atoms with Gasteiger partial charge in [0.25, 0.3) is 0 Å². The summed E-state index contributed by atoms with van der Waals surface area (Å²) in [4.78, 5) is 16.8. The largest absolute Gasteiger partial charge is 0.338 e. The summed E-state index contributed by atoms with van der Waals surface area (Å²) in [6.07, 6.45) is 1.51. The van der Waals surface area contributed by atoms with Crippen LogP contribution in [0.4, 0.5) is 5.69 Å². The molecular weight excluding hydrogens is 350 g/mol. The molecule has 1 aromatic rings. The first-order chi connectivity index (χ1) is 11.2. The van der Waals surface area contributed by atoms with Crippen LogP contribution in [0.15, 0.2) is 24.3 Å². The minimum absolute atomic E-state index is 0.156. The number of carbonyl (C=O) groups excluding carboxylic acids is 1. The molecule has 0 radical (unpaired) electrons. The number of sulfonamides is 1.